The Bertz CT molecular complexity index is 463. The normalized spacial score (nSPS) is 10.5. The van der Waals surface area contributed by atoms with E-state index in [1.807, 2.05) is 0 Å². The molecule has 0 aliphatic rings. The Morgan fingerprint density at radius 2 is 2.12 bits per heavy atom. The molecule has 0 aromatic carbocycles. The molecule has 0 aliphatic heterocycles. The van der Waals surface area contributed by atoms with Gasteiger partial charge in [0.1, 0.15) is 0 Å². The van der Waals surface area contributed by atoms with Gasteiger partial charge in [0.05, 0.1) is 10.5 Å². The van der Waals surface area contributed by atoms with Crippen LogP contribution >= 0.6 is 0 Å². The molecule has 0 aliphatic carbocycles. The van der Waals surface area contributed by atoms with E-state index < -0.39 is 40.1 Å². The van der Waals surface area contributed by atoms with Crippen molar-refractivity contribution in [1.29, 1.82) is 0 Å². The van der Waals surface area contributed by atoms with E-state index in [-0.39, 0.29) is 6.20 Å². The van der Waals surface area contributed by atoms with Crippen LogP contribution in [-0.4, -0.2) is 21.0 Å². The molecule has 16 heavy (non-hydrogen) atoms. The van der Waals surface area contributed by atoms with Crippen LogP contribution in [0.5, 0.6) is 0 Å². The number of hydrogen-bond donors (Lipinski definition) is 1. The monoisotopic (exact) mass is 236 g/mol. The number of halogens is 3. The van der Waals surface area contributed by atoms with Crippen LogP contribution in [0.3, 0.4) is 0 Å². The molecule has 0 amide bonds. The highest BCUT2D eigenvalue weighted by Gasteiger charge is 2.32. The van der Waals surface area contributed by atoms with Crippen molar-refractivity contribution in [2.45, 2.75) is 6.43 Å². The number of carboxylic acid groups (broad SMARTS) is 1. The van der Waals surface area contributed by atoms with E-state index in [1.165, 1.54) is 0 Å². The maximum Gasteiger partial charge on any atom is 0.343 e. The van der Waals surface area contributed by atoms with Crippen LogP contribution in [0.15, 0.2) is 6.20 Å². The summed E-state index contributed by atoms with van der Waals surface area (Å²) in [6.45, 7) is 0. The molecule has 1 aromatic heterocycles. The van der Waals surface area contributed by atoms with E-state index >= 15 is 0 Å². The summed E-state index contributed by atoms with van der Waals surface area (Å²) in [5.74, 6) is -3.73. The topological polar surface area (TPSA) is 93.3 Å². The molecule has 0 atom stereocenters. The number of alkyl halides is 2. The van der Waals surface area contributed by atoms with Crippen LogP contribution < -0.4 is 0 Å². The Balaban J connectivity index is 3.63. The first-order chi connectivity index (χ1) is 7.36. The fourth-order valence-electron chi connectivity index (χ4n) is 1.05. The number of carboxylic acids is 1. The molecule has 0 radical (unpaired) electrons. The van der Waals surface area contributed by atoms with Crippen LogP contribution in [0.4, 0.5) is 18.9 Å². The standard InChI is InChI=1S/C7H3F3N2O4/c8-5(9)2-1-11-6(10)4(12(15)16)3(2)7(13)14/h1,5H,(H,13,14). The molecule has 0 fully saturated rings. The average molecular weight is 236 g/mol. The molecule has 0 bridgehead atoms. The average Bonchev–Trinajstić information content (AvgIpc) is 2.15. The van der Waals surface area contributed by atoms with Crippen LogP contribution in [0.1, 0.15) is 22.3 Å². The molecule has 0 saturated carbocycles. The zero-order valence-corrected chi connectivity index (χ0v) is 7.35. The second-order valence-corrected chi connectivity index (χ2v) is 2.59. The Kier molecular flexibility index (Phi) is 3.06. The number of carbonyl (C=O) groups is 1. The van der Waals surface area contributed by atoms with Crippen molar-refractivity contribution >= 4 is 11.7 Å². The van der Waals surface area contributed by atoms with Crippen LogP contribution in [0.25, 0.3) is 0 Å². The lowest BCUT2D eigenvalue weighted by molar-refractivity contribution is -0.388. The summed E-state index contributed by atoms with van der Waals surface area (Å²) in [6, 6.07) is 0. The first-order valence-corrected chi connectivity index (χ1v) is 3.70. The van der Waals surface area contributed by atoms with Crippen LogP contribution in [0, 0.1) is 16.1 Å². The quantitative estimate of drug-likeness (QED) is 0.490. The zero-order chi connectivity index (χ0) is 12.5. The molecule has 1 rings (SSSR count). The van der Waals surface area contributed by atoms with E-state index in [9.17, 15) is 28.1 Å². The molecule has 1 N–H and O–H groups in total. The van der Waals surface area contributed by atoms with Gasteiger partial charge < -0.3 is 5.11 Å². The lowest BCUT2D eigenvalue weighted by Gasteiger charge is -2.04. The summed E-state index contributed by atoms with van der Waals surface area (Å²) in [5.41, 5.74) is -4.14. The summed E-state index contributed by atoms with van der Waals surface area (Å²) < 4.78 is 37.5. The number of nitrogens with zero attached hydrogens (tertiary/aromatic N) is 2. The minimum atomic E-state index is -3.29. The predicted molar refractivity (Wildman–Crippen MR) is 42.8 cm³/mol. The third kappa shape index (κ3) is 1.92. The number of pyridine rings is 1. The van der Waals surface area contributed by atoms with Crippen molar-refractivity contribution in [3.63, 3.8) is 0 Å². The van der Waals surface area contributed by atoms with Crippen molar-refractivity contribution in [2.75, 3.05) is 0 Å². The number of nitro groups is 1. The van der Waals surface area contributed by atoms with Crippen molar-refractivity contribution in [1.82, 2.24) is 4.98 Å². The first kappa shape index (κ1) is 11.9. The van der Waals surface area contributed by atoms with Gasteiger partial charge in [0.2, 0.25) is 0 Å². The van der Waals surface area contributed by atoms with Gasteiger partial charge in [-0.1, -0.05) is 0 Å². The van der Waals surface area contributed by atoms with E-state index in [4.69, 9.17) is 5.11 Å². The van der Waals surface area contributed by atoms with E-state index in [1.54, 1.807) is 0 Å². The highest BCUT2D eigenvalue weighted by Crippen LogP contribution is 2.30. The van der Waals surface area contributed by atoms with Gasteiger partial charge in [0.15, 0.2) is 5.56 Å². The molecule has 0 spiro atoms. The maximum absolute atomic E-state index is 12.8. The Hall–Kier alpha value is -2.19. The van der Waals surface area contributed by atoms with Crippen molar-refractivity contribution in [2.24, 2.45) is 0 Å². The molecule has 9 heteroatoms. The van der Waals surface area contributed by atoms with E-state index in [2.05, 4.69) is 4.98 Å². The molecular formula is C7H3F3N2O4. The number of aromatic nitrogens is 1. The molecule has 0 unspecified atom stereocenters. The number of rotatable bonds is 3. The van der Waals surface area contributed by atoms with Gasteiger partial charge >= 0.3 is 11.7 Å². The summed E-state index contributed by atoms with van der Waals surface area (Å²) in [4.78, 5) is 22.2. The smallest absolute Gasteiger partial charge is 0.343 e. The highest BCUT2D eigenvalue weighted by molar-refractivity contribution is 5.94. The summed E-state index contributed by atoms with van der Waals surface area (Å²) in [6.07, 6.45) is -3.03. The van der Waals surface area contributed by atoms with Gasteiger partial charge in [-0.25, -0.2) is 18.6 Å². The largest absolute Gasteiger partial charge is 0.477 e. The lowest BCUT2D eigenvalue weighted by Crippen LogP contribution is -2.11. The van der Waals surface area contributed by atoms with Crippen molar-refractivity contribution in [3.8, 4) is 0 Å². The van der Waals surface area contributed by atoms with Gasteiger partial charge in [-0.05, 0) is 0 Å². The van der Waals surface area contributed by atoms with Gasteiger partial charge in [-0.2, -0.15) is 4.39 Å². The third-order valence-corrected chi connectivity index (χ3v) is 1.67. The molecule has 6 nitrogen and oxygen atoms in total. The molecule has 1 aromatic rings. The molecule has 86 valence electrons. The van der Waals surface area contributed by atoms with Gasteiger partial charge in [-0.15, -0.1) is 0 Å². The lowest BCUT2D eigenvalue weighted by atomic mass is 10.1. The Morgan fingerprint density at radius 3 is 2.50 bits per heavy atom. The van der Waals surface area contributed by atoms with Crippen molar-refractivity contribution in [3.05, 3.63) is 33.4 Å². The number of hydrogen-bond acceptors (Lipinski definition) is 4. The third-order valence-electron chi connectivity index (χ3n) is 1.67. The van der Waals surface area contributed by atoms with Gasteiger partial charge in [0, 0.05) is 6.20 Å². The van der Waals surface area contributed by atoms with E-state index in [0.29, 0.717) is 0 Å². The summed E-state index contributed by atoms with van der Waals surface area (Å²) in [5, 5.41) is 18.9. The summed E-state index contributed by atoms with van der Waals surface area (Å²) >= 11 is 0. The number of aromatic carboxylic acids is 1. The minimum absolute atomic E-state index is 0.260. The maximum atomic E-state index is 12.8. The highest BCUT2D eigenvalue weighted by atomic mass is 19.3. The molecular weight excluding hydrogens is 233 g/mol. The minimum Gasteiger partial charge on any atom is -0.477 e. The van der Waals surface area contributed by atoms with Crippen LogP contribution in [-0.2, 0) is 0 Å². The van der Waals surface area contributed by atoms with Crippen molar-refractivity contribution < 1.29 is 28.0 Å². The predicted octanol–water partition coefficient (Wildman–Crippen LogP) is 1.76. The first-order valence-electron chi connectivity index (χ1n) is 3.70. The fraction of sp³-hybridized carbons (Fsp3) is 0.143. The van der Waals surface area contributed by atoms with E-state index in [0.717, 1.165) is 0 Å². The summed E-state index contributed by atoms with van der Waals surface area (Å²) in [7, 11) is 0. The van der Waals surface area contributed by atoms with Crippen LogP contribution in [0.2, 0.25) is 0 Å². The second-order valence-electron chi connectivity index (χ2n) is 2.59. The SMILES string of the molecule is O=C(O)c1c(C(F)F)cnc(F)c1[N+](=O)[O-]. The Morgan fingerprint density at radius 1 is 1.56 bits per heavy atom. The molecule has 1 heterocycles. The fourth-order valence-corrected chi connectivity index (χ4v) is 1.05. The van der Waals surface area contributed by atoms with Gasteiger partial charge in [-0.3, -0.25) is 10.1 Å². The molecule has 0 saturated heterocycles. The Labute approximate surface area is 85.5 Å². The second kappa shape index (κ2) is 4.13. The van der Waals surface area contributed by atoms with Gasteiger partial charge in [0.25, 0.3) is 12.4 Å². The zero-order valence-electron chi connectivity index (χ0n) is 7.35.